The molecule has 1 rings (SSSR count). The van der Waals surface area contributed by atoms with E-state index in [0.29, 0.717) is 23.8 Å². The zero-order valence-corrected chi connectivity index (χ0v) is 12.2. The maximum absolute atomic E-state index is 10.2. The van der Waals surface area contributed by atoms with Crippen molar-refractivity contribution in [1.82, 2.24) is 0 Å². The van der Waals surface area contributed by atoms with E-state index in [4.69, 9.17) is 9.47 Å². The van der Waals surface area contributed by atoms with Crippen molar-refractivity contribution in [3.8, 4) is 11.5 Å². The molecule has 1 aromatic rings. The van der Waals surface area contributed by atoms with Gasteiger partial charge in [0.05, 0.1) is 24.8 Å². The Kier molecular flexibility index (Phi) is 5.28. The Morgan fingerprint density at radius 1 is 1.18 bits per heavy atom. The average Bonchev–Trinajstić information content (AvgIpc) is 2.27. The first-order valence-electron chi connectivity index (χ1n) is 5.59. The smallest absolute Gasteiger partial charge is 0.133 e. The zero-order valence-electron chi connectivity index (χ0n) is 10.7. The van der Waals surface area contributed by atoms with Gasteiger partial charge < -0.3 is 14.6 Å². The van der Waals surface area contributed by atoms with E-state index in [1.165, 1.54) is 0 Å². The summed E-state index contributed by atoms with van der Waals surface area (Å²) in [7, 11) is 3.20. The average molecular weight is 303 g/mol. The van der Waals surface area contributed by atoms with Crippen molar-refractivity contribution in [3.63, 3.8) is 0 Å². The molecule has 17 heavy (non-hydrogen) atoms. The van der Waals surface area contributed by atoms with Gasteiger partial charge in [0, 0.05) is 5.56 Å². The van der Waals surface area contributed by atoms with Crippen LogP contribution < -0.4 is 9.47 Å². The van der Waals surface area contributed by atoms with Gasteiger partial charge in [-0.2, -0.15) is 0 Å². The largest absolute Gasteiger partial charge is 0.496 e. The minimum absolute atomic E-state index is 0.421. The molecule has 0 aliphatic carbocycles. The number of hydrogen-bond donors (Lipinski definition) is 1. The lowest BCUT2D eigenvalue weighted by Crippen LogP contribution is -2.05. The normalized spacial score (nSPS) is 12.6. The molecular formula is C13H19BrO3. The van der Waals surface area contributed by atoms with Crippen LogP contribution in [0.1, 0.15) is 31.9 Å². The molecule has 0 radical (unpaired) electrons. The van der Waals surface area contributed by atoms with E-state index < -0.39 is 6.10 Å². The first-order valence-corrected chi connectivity index (χ1v) is 6.38. The van der Waals surface area contributed by atoms with Crippen LogP contribution in [-0.2, 0) is 0 Å². The van der Waals surface area contributed by atoms with E-state index in [9.17, 15) is 5.11 Å². The van der Waals surface area contributed by atoms with Gasteiger partial charge in [-0.25, -0.2) is 0 Å². The molecule has 0 fully saturated rings. The monoisotopic (exact) mass is 302 g/mol. The van der Waals surface area contributed by atoms with E-state index in [1.807, 2.05) is 12.1 Å². The van der Waals surface area contributed by atoms with Crippen molar-refractivity contribution in [2.75, 3.05) is 14.2 Å². The highest BCUT2D eigenvalue weighted by atomic mass is 79.9. The fraction of sp³-hybridized carbons (Fsp3) is 0.538. The summed E-state index contributed by atoms with van der Waals surface area (Å²) in [4.78, 5) is 0. The zero-order chi connectivity index (χ0) is 13.0. The second-order valence-corrected chi connectivity index (χ2v) is 5.23. The molecule has 1 atom stereocenters. The van der Waals surface area contributed by atoms with Gasteiger partial charge >= 0.3 is 0 Å². The summed E-state index contributed by atoms with van der Waals surface area (Å²) < 4.78 is 11.3. The maximum Gasteiger partial charge on any atom is 0.133 e. The van der Waals surface area contributed by atoms with Crippen molar-refractivity contribution >= 4 is 15.9 Å². The first kappa shape index (κ1) is 14.3. The quantitative estimate of drug-likeness (QED) is 0.904. The maximum atomic E-state index is 10.2. The Morgan fingerprint density at radius 2 is 1.76 bits per heavy atom. The van der Waals surface area contributed by atoms with E-state index in [2.05, 4.69) is 29.8 Å². The van der Waals surface area contributed by atoms with Crippen LogP contribution in [0.4, 0.5) is 0 Å². The van der Waals surface area contributed by atoms with E-state index in [0.717, 1.165) is 10.0 Å². The molecule has 0 amide bonds. The van der Waals surface area contributed by atoms with Crippen LogP contribution >= 0.6 is 15.9 Å². The molecule has 0 aliphatic heterocycles. The van der Waals surface area contributed by atoms with Gasteiger partial charge in [0.1, 0.15) is 11.5 Å². The summed E-state index contributed by atoms with van der Waals surface area (Å²) >= 11 is 3.40. The molecule has 4 heteroatoms. The van der Waals surface area contributed by atoms with Crippen LogP contribution in [0.3, 0.4) is 0 Å². The number of benzene rings is 1. The Morgan fingerprint density at radius 3 is 2.24 bits per heavy atom. The molecule has 0 saturated heterocycles. The molecular weight excluding hydrogens is 284 g/mol. The number of halogens is 1. The standard InChI is InChI=1S/C13H19BrO3/c1-8(2)5-11(15)9-6-13(17-4)10(14)7-12(9)16-3/h6-8,11,15H,5H2,1-4H3. The lowest BCUT2D eigenvalue weighted by atomic mass is 9.98. The molecule has 0 heterocycles. The van der Waals surface area contributed by atoms with Crippen LogP contribution in [0.15, 0.2) is 16.6 Å². The number of ether oxygens (including phenoxy) is 2. The van der Waals surface area contributed by atoms with Gasteiger partial charge in [-0.3, -0.25) is 0 Å². The number of rotatable bonds is 5. The van der Waals surface area contributed by atoms with E-state index in [1.54, 1.807) is 14.2 Å². The Hall–Kier alpha value is -0.740. The van der Waals surface area contributed by atoms with Crippen molar-refractivity contribution < 1.29 is 14.6 Å². The van der Waals surface area contributed by atoms with Crippen molar-refractivity contribution in [3.05, 3.63) is 22.2 Å². The molecule has 0 spiro atoms. The first-order chi connectivity index (χ1) is 7.99. The highest BCUT2D eigenvalue weighted by Crippen LogP contribution is 2.37. The predicted octanol–water partition coefficient (Wildman–Crippen LogP) is 3.55. The SMILES string of the molecule is COc1cc(C(O)CC(C)C)c(OC)cc1Br. The highest BCUT2D eigenvalue weighted by molar-refractivity contribution is 9.10. The van der Waals surface area contributed by atoms with Crippen molar-refractivity contribution in [2.24, 2.45) is 5.92 Å². The molecule has 0 aliphatic rings. The highest BCUT2D eigenvalue weighted by Gasteiger charge is 2.17. The summed E-state index contributed by atoms with van der Waals surface area (Å²) in [6.07, 6.45) is 0.160. The minimum Gasteiger partial charge on any atom is -0.496 e. The summed E-state index contributed by atoms with van der Waals surface area (Å²) in [6, 6.07) is 3.63. The van der Waals surface area contributed by atoms with Gasteiger partial charge in [0.15, 0.2) is 0 Å². The second-order valence-electron chi connectivity index (χ2n) is 4.37. The lowest BCUT2D eigenvalue weighted by molar-refractivity contribution is 0.147. The summed E-state index contributed by atoms with van der Waals surface area (Å²) in [5, 5.41) is 10.2. The van der Waals surface area contributed by atoms with Crippen LogP contribution in [0.2, 0.25) is 0 Å². The summed E-state index contributed by atoms with van der Waals surface area (Å²) in [5.41, 5.74) is 0.765. The molecule has 0 bridgehead atoms. The topological polar surface area (TPSA) is 38.7 Å². The van der Waals surface area contributed by atoms with Gasteiger partial charge in [-0.15, -0.1) is 0 Å². The Bertz CT molecular complexity index is 377. The van der Waals surface area contributed by atoms with Gasteiger partial charge in [-0.05, 0) is 40.4 Å². The number of hydrogen-bond acceptors (Lipinski definition) is 3. The summed E-state index contributed by atoms with van der Waals surface area (Å²) in [6.45, 7) is 4.15. The lowest BCUT2D eigenvalue weighted by Gasteiger charge is -2.18. The van der Waals surface area contributed by atoms with E-state index >= 15 is 0 Å². The number of methoxy groups -OCH3 is 2. The second kappa shape index (κ2) is 6.26. The molecule has 0 aromatic heterocycles. The number of aliphatic hydroxyl groups is 1. The number of aliphatic hydroxyl groups excluding tert-OH is 1. The molecule has 1 aromatic carbocycles. The van der Waals surface area contributed by atoms with E-state index in [-0.39, 0.29) is 0 Å². The van der Waals surface area contributed by atoms with Gasteiger partial charge in [0.25, 0.3) is 0 Å². The third kappa shape index (κ3) is 3.61. The van der Waals surface area contributed by atoms with Gasteiger partial charge in [0.2, 0.25) is 0 Å². The van der Waals surface area contributed by atoms with Crippen LogP contribution in [0.5, 0.6) is 11.5 Å². The van der Waals surface area contributed by atoms with Crippen LogP contribution in [0, 0.1) is 5.92 Å². The Balaban J connectivity index is 3.11. The van der Waals surface area contributed by atoms with Crippen molar-refractivity contribution in [1.29, 1.82) is 0 Å². The Labute approximate surface area is 111 Å². The molecule has 3 nitrogen and oxygen atoms in total. The van der Waals surface area contributed by atoms with Crippen LogP contribution in [-0.4, -0.2) is 19.3 Å². The predicted molar refractivity (Wildman–Crippen MR) is 71.7 cm³/mol. The third-order valence-corrected chi connectivity index (χ3v) is 3.18. The van der Waals surface area contributed by atoms with Crippen molar-refractivity contribution in [2.45, 2.75) is 26.4 Å². The fourth-order valence-corrected chi connectivity index (χ4v) is 2.20. The molecule has 0 saturated carbocycles. The molecule has 96 valence electrons. The third-order valence-electron chi connectivity index (χ3n) is 2.56. The summed E-state index contributed by atoms with van der Waals surface area (Å²) in [5.74, 6) is 1.79. The molecule has 1 N–H and O–H groups in total. The van der Waals surface area contributed by atoms with Gasteiger partial charge in [-0.1, -0.05) is 13.8 Å². The molecule has 1 unspecified atom stereocenters. The minimum atomic E-state index is -0.535. The van der Waals surface area contributed by atoms with Crippen LogP contribution in [0.25, 0.3) is 0 Å². The fourth-order valence-electron chi connectivity index (χ4n) is 1.72.